The van der Waals surface area contributed by atoms with Crippen LogP contribution in [-0.2, 0) is 4.74 Å². The highest BCUT2D eigenvalue weighted by atomic mass is 16.6. The van der Waals surface area contributed by atoms with Crippen LogP contribution >= 0.6 is 0 Å². The molecule has 0 radical (unpaired) electrons. The van der Waals surface area contributed by atoms with Crippen molar-refractivity contribution >= 4 is 17.6 Å². The lowest BCUT2D eigenvalue weighted by atomic mass is 9.93. The minimum atomic E-state index is -0.822. The topological polar surface area (TPSA) is 162 Å². The zero-order valence-electron chi connectivity index (χ0n) is 17.4. The summed E-state index contributed by atoms with van der Waals surface area (Å²) in [5, 5.41) is 7.89. The highest BCUT2D eigenvalue weighted by Gasteiger charge is 2.29. The Labute approximate surface area is 176 Å². The number of H-pyrrole nitrogens is 1. The van der Waals surface area contributed by atoms with E-state index in [1.165, 1.54) is 12.3 Å². The van der Waals surface area contributed by atoms with E-state index in [2.05, 4.69) is 20.2 Å². The van der Waals surface area contributed by atoms with Crippen LogP contribution in [0.1, 0.15) is 55.8 Å². The van der Waals surface area contributed by atoms with Crippen LogP contribution in [0, 0.1) is 0 Å². The molecule has 1 fully saturated rings. The van der Waals surface area contributed by atoms with Crippen molar-refractivity contribution < 1.29 is 18.8 Å². The number of fused-ring (bicyclic) bond motifs is 1. The van der Waals surface area contributed by atoms with Gasteiger partial charge in [-0.15, -0.1) is 0 Å². The number of ether oxygens (including phenoxy) is 1. The fourth-order valence-electron chi connectivity index (χ4n) is 3.58. The van der Waals surface area contributed by atoms with E-state index in [9.17, 15) is 14.4 Å². The fraction of sp³-hybridized carbons (Fsp3) is 0.474. The molecule has 1 aliphatic rings. The first-order valence-electron chi connectivity index (χ1n) is 9.85. The SMILES string of the molecule is CC(C)(C)OC(=O)N1CCC(c2cc(=O)[nH]c3c(-c4nc(C(N)=O)no4)cnn23)CC1. The Hall–Kier alpha value is -3.70. The molecule has 0 aromatic carbocycles. The summed E-state index contributed by atoms with van der Waals surface area (Å²) in [6.45, 7) is 6.50. The van der Waals surface area contributed by atoms with Crippen LogP contribution in [0.5, 0.6) is 0 Å². The molecule has 164 valence electrons. The predicted molar refractivity (Wildman–Crippen MR) is 107 cm³/mol. The summed E-state index contributed by atoms with van der Waals surface area (Å²) in [5.41, 5.74) is 5.76. The lowest BCUT2D eigenvalue weighted by molar-refractivity contribution is 0.0203. The number of carbonyl (C=O) groups is 2. The number of rotatable bonds is 3. The van der Waals surface area contributed by atoms with Gasteiger partial charge in [-0.2, -0.15) is 10.1 Å². The number of nitrogens with zero attached hydrogens (tertiary/aromatic N) is 5. The number of primary amides is 1. The van der Waals surface area contributed by atoms with Crippen LogP contribution in [0.25, 0.3) is 17.1 Å². The summed E-state index contributed by atoms with van der Waals surface area (Å²) >= 11 is 0. The molecule has 1 aliphatic heterocycles. The van der Waals surface area contributed by atoms with E-state index in [4.69, 9.17) is 15.0 Å². The van der Waals surface area contributed by atoms with Gasteiger partial charge in [0.2, 0.25) is 0 Å². The number of aromatic nitrogens is 5. The smallest absolute Gasteiger partial charge is 0.410 e. The van der Waals surface area contributed by atoms with Gasteiger partial charge < -0.3 is 24.9 Å². The molecule has 3 N–H and O–H groups in total. The zero-order valence-corrected chi connectivity index (χ0v) is 17.4. The number of likely N-dealkylation sites (tertiary alicyclic amines) is 1. The number of piperidine rings is 1. The van der Waals surface area contributed by atoms with Crippen molar-refractivity contribution in [2.45, 2.75) is 45.1 Å². The van der Waals surface area contributed by atoms with E-state index in [0.29, 0.717) is 42.8 Å². The first kappa shape index (κ1) is 20.6. The molecule has 4 rings (SSSR count). The molecule has 2 amide bonds. The minimum Gasteiger partial charge on any atom is -0.444 e. The zero-order chi connectivity index (χ0) is 22.3. The third kappa shape index (κ3) is 4.13. The molecular formula is C19H23N7O5. The summed E-state index contributed by atoms with van der Waals surface area (Å²) < 4.78 is 12.1. The van der Waals surface area contributed by atoms with Gasteiger partial charge in [0.25, 0.3) is 23.2 Å². The molecule has 12 heteroatoms. The molecule has 0 atom stereocenters. The van der Waals surface area contributed by atoms with Gasteiger partial charge in [0.15, 0.2) is 0 Å². The van der Waals surface area contributed by atoms with E-state index in [-0.39, 0.29) is 29.3 Å². The molecule has 1 saturated heterocycles. The highest BCUT2D eigenvalue weighted by Crippen LogP contribution is 2.30. The van der Waals surface area contributed by atoms with E-state index >= 15 is 0 Å². The number of nitrogens with two attached hydrogens (primary N) is 1. The maximum Gasteiger partial charge on any atom is 0.410 e. The predicted octanol–water partition coefficient (Wildman–Crippen LogP) is 1.29. The third-order valence-electron chi connectivity index (χ3n) is 4.98. The number of aromatic amines is 1. The molecule has 0 bridgehead atoms. The van der Waals surface area contributed by atoms with Crippen LogP contribution < -0.4 is 11.3 Å². The maximum atomic E-state index is 12.3. The first-order valence-corrected chi connectivity index (χ1v) is 9.85. The van der Waals surface area contributed by atoms with Crippen molar-refractivity contribution in [2.24, 2.45) is 5.73 Å². The number of hydrogen-bond donors (Lipinski definition) is 2. The van der Waals surface area contributed by atoms with Crippen LogP contribution in [0.15, 0.2) is 21.6 Å². The number of carbonyl (C=O) groups excluding carboxylic acids is 2. The van der Waals surface area contributed by atoms with Gasteiger partial charge in [-0.3, -0.25) is 9.59 Å². The molecule has 31 heavy (non-hydrogen) atoms. The summed E-state index contributed by atoms with van der Waals surface area (Å²) in [6.07, 6.45) is 2.44. The quantitative estimate of drug-likeness (QED) is 0.629. The summed E-state index contributed by atoms with van der Waals surface area (Å²) in [7, 11) is 0. The summed E-state index contributed by atoms with van der Waals surface area (Å²) in [6, 6.07) is 1.50. The van der Waals surface area contributed by atoms with Crippen molar-refractivity contribution in [1.29, 1.82) is 0 Å². The van der Waals surface area contributed by atoms with Gasteiger partial charge in [0.05, 0.1) is 11.9 Å². The van der Waals surface area contributed by atoms with Gasteiger partial charge >= 0.3 is 6.09 Å². The van der Waals surface area contributed by atoms with E-state index < -0.39 is 11.5 Å². The summed E-state index contributed by atoms with van der Waals surface area (Å²) in [5.74, 6) is -1.05. The average molecular weight is 429 g/mol. The second kappa shape index (κ2) is 7.52. The second-order valence-corrected chi connectivity index (χ2v) is 8.41. The minimum absolute atomic E-state index is 0.0140. The molecule has 0 saturated carbocycles. The lowest BCUT2D eigenvalue weighted by Gasteiger charge is -2.33. The largest absolute Gasteiger partial charge is 0.444 e. The Morgan fingerprint density at radius 2 is 2.00 bits per heavy atom. The molecule has 3 aromatic heterocycles. The van der Waals surface area contributed by atoms with Crippen molar-refractivity contribution in [3.63, 3.8) is 0 Å². The second-order valence-electron chi connectivity index (χ2n) is 8.41. The van der Waals surface area contributed by atoms with E-state index in [0.717, 1.165) is 0 Å². The summed E-state index contributed by atoms with van der Waals surface area (Å²) in [4.78, 5) is 44.2. The monoisotopic (exact) mass is 429 g/mol. The van der Waals surface area contributed by atoms with Crippen molar-refractivity contribution in [1.82, 2.24) is 29.6 Å². The van der Waals surface area contributed by atoms with Gasteiger partial charge in [-0.05, 0) is 33.6 Å². The van der Waals surface area contributed by atoms with Crippen molar-refractivity contribution in [2.75, 3.05) is 13.1 Å². The molecule has 0 unspecified atom stereocenters. The average Bonchev–Trinajstić information content (AvgIpc) is 3.33. The Kier molecular flexibility index (Phi) is 4.99. The highest BCUT2D eigenvalue weighted by molar-refractivity contribution is 5.89. The van der Waals surface area contributed by atoms with Crippen molar-refractivity contribution in [3.05, 3.63) is 34.1 Å². The van der Waals surface area contributed by atoms with E-state index in [1.807, 2.05) is 20.8 Å². The van der Waals surface area contributed by atoms with Gasteiger partial charge in [0, 0.05) is 25.1 Å². The van der Waals surface area contributed by atoms with Gasteiger partial charge in [0.1, 0.15) is 16.8 Å². The number of amides is 2. The van der Waals surface area contributed by atoms with Crippen LogP contribution in [-0.4, -0.2) is 60.3 Å². The van der Waals surface area contributed by atoms with Crippen molar-refractivity contribution in [3.8, 4) is 11.5 Å². The lowest BCUT2D eigenvalue weighted by Crippen LogP contribution is -2.41. The fourth-order valence-corrected chi connectivity index (χ4v) is 3.58. The Morgan fingerprint density at radius 1 is 1.29 bits per heavy atom. The van der Waals surface area contributed by atoms with Crippen LogP contribution in [0.2, 0.25) is 0 Å². The maximum absolute atomic E-state index is 12.3. The number of nitrogens with one attached hydrogen (secondary N) is 1. The standard InChI is InChI=1S/C19H23N7O5/c1-19(2,3)30-18(29)25-6-4-10(5-7-25)12-8-13(27)22-16-11(9-21-26(12)16)17-23-15(14(20)28)24-31-17/h8-10H,4-7H2,1-3H3,(H2,20,28)(H,22,27). The van der Waals surface area contributed by atoms with Gasteiger partial charge in [-0.1, -0.05) is 5.16 Å². The molecular weight excluding hydrogens is 406 g/mol. The molecule has 4 heterocycles. The molecule has 0 spiro atoms. The normalized spacial score (nSPS) is 15.4. The Bertz CT molecular complexity index is 1190. The molecule has 3 aromatic rings. The third-order valence-corrected chi connectivity index (χ3v) is 4.98. The van der Waals surface area contributed by atoms with Gasteiger partial charge in [-0.25, -0.2) is 9.31 Å². The van der Waals surface area contributed by atoms with Crippen LogP contribution in [0.3, 0.4) is 0 Å². The number of hydrogen-bond acceptors (Lipinski definition) is 8. The first-order chi connectivity index (χ1) is 14.6. The Morgan fingerprint density at radius 3 is 2.61 bits per heavy atom. The van der Waals surface area contributed by atoms with Crippen LogP contribution in [0.4, 0.5) is 4.79 Å². The van der Waals surface area contributed by atoms with E-state index in [1.54, 1.807) is 9.42 Å². The Balaban J connectivity index is 1.59. The molecule has 0 aliphatic carbocycles. The molecule has 12 nitrogen and oxygen atoms in total.